The topological polar surface area (TPSA) is 39.3 Å². The van der Waals surface area contributed by atoms with Crippen LogP contribution in [0, 0.1) is 6.92 Å². The molecule has 0 aliphatic carbocycles. The molecule has 1 aromatic heterocycles. The highest BCUT2D eigenvalue weighted by molar-refractivity contribution is 6.24. The molecule has 0 saturated carbocycles. The van der Waals surface area contributed by atoms with Crippen molar-refractivity contribution in [2.45, 2.75) is 13.1 Å². The largest absolute Gasteiger partial charge is 0.868 e. The Hall–Kier alpha value is -3.41. The molecule has 0 spiro atoms. The molecule has 3 nitrogen and oxygen atoms in total. The molecule has 0 unspecified atom stereocenters. The Kier molecular flexibility index (Phi) is 5.59. The predicted octanol–water partition coefficient (Wildman–Crippen LogP) is 4.30. The van der Waals surface area contributed by atoms with Gasteiger partial charge in [0.15, 0.2) is 12.4 Å². The van der Waals surface area contributed by atoms with Crippen LogP contribution in [-0.4, -0.2) is 11.9 Å². The second-order valence-corrected chi connectivity index (χ2v) is 6.12. The number of hydrogen-bond acceptors (Lipinski definition) is 2. The van der Waals surface area contributed by atoms with Crippen LogP contribution < -0.4 is 9.67 Å². The highest BCUT2D eigenvalue weighted by Crippen LogP contribution is 2.28. The molecule has 0 saturated heterocycles. The molecule has 142 valence electrons. The van der Waals surface area contributed by atoms with Gasteiger partial charge in [-0.05, 0) is 30.4 Å². The van der Waals surface area contributed by atoms with Crippen LogP contribution in [0.15, 0.2) is 90.2 Å². The first kappa shape index (κ1) is 19.4. The minimum atomic E-state index is -4.83. The van der Waals surface area contributed by atoms with Crippen molar-refractivity contribution in [1.29, 1.82) is 0 Å². The van der Waals surface area contributed by atoms with E-state index in [0.29, 0.717) is 0 Å². The fraction of sp³-hybridized carbons (Fsp3) is 0.0909. The Bertz CT molecular complexity index is 993. The molecular weight excluding hydrogens is 365 g/mol. The SMILES string of the molecule is Cc1ccc(N=C(/C(=C(\[O-])c2ccccc2)[n+]2ccccc2)C(F)(F)F)cc1. The quantitative estimate of drug-likeness (QED) is 0.377. The Labute approximate surface area is 160 Å². The van der Waals surface area contributed by atoms with Crippen molar-refractivity contribution in [3.8, 4) is 0 Å². The van der Waals surface area contributed by atoms with Crippen molar-refractivity contribution in [2.75, 3.05) is 0 Å². The van der Waals surface area contributed by atoms with Crippen LogP contribution >= 0.6 is 0 Å². The molecule has 6 heteroatoms. The fourth-order valence-corrected chi connectivity index (χ4v) is 2.62. The Balaban J connectivity index is 2.28. The molecule has 0 amide bonds. The first-order chi connectivity index (χ1) is 13.4. The smallest absolute Gasteiger partial charge is 0.440 e. The third-order valence-corrected chi connectivity index (χ3v) is 3.99. The average Bonchev–Trinajstić information content (AvgIpc) is 2.69. The van der Waals surface area contributed by atoms with Crippen molar-refractivity contribution in [3.05, 3.63) is 96.3 Å². The molecule has 3 aromatic rings. The summed E-state index contributed by atoms with van der Waals surface area (Å²) in [7, 11) is 0. The van der Waals surface area contributed by atoms with Gasteiger partial charge < -0.3 is 5.11 Å². The van der Waals surface area contributed by atoms with Gasteiger partial charge in [0.1, 0.15) is 0 Å². The highest BCUT2D eigenvalue weighted by Gasteiger charge is 2.43. The minimum absolute atomic E-state index is 0.118. The van der Waals surface area contributed by atoms with Crippen LogP contribution in [0.1, 0.15) is 11.1 Å². The summed E-state index contributed by atoms with van der Waals surface area (Å²) in [5.74, 6) is -0.764. The van der Waals surface area contributed by atoms with E-state index in [-0.39, 0.29) is 11.3 Å². The van der Waals surface area contributed by atoms with Gasteiger partial charge in [0.25, 0.3) is 0 Å². The maximum Gasteiger partial charge on any atom is 0.440 e. The van der Waals surface area contributed by atoms with E-state index in [9.17, 15) is 18.3 Å². The third kappa shape index (κ3) is 4.46. The molecule has 0 aliphatic heterocycles. The standard InChI is InChI=1S/C22H17F3N2O/c1-16-10-12-18(13-11-16)26-21(22(23,24)25)19(27-14-6-3-7-15-27)20(28)17-8-4-2-5-9-17/h2-15H,1H3. The Morgan fingerprint density at radius 2 is 1.43 bits per heavy atom. The van der Waals surface area contributed by atoms with Gasteiger partial charge in [-0.25, -0.2) is 4.99 Å². The summed E-state index contributed by atoms with van der Waals surface area (Å²) in [6, 6.07) is 18.9. The molecule has 2 aromatic carbocycles. The summed E-state index contributed by atoms with van der Waals surface area (Å²) in [5.41, 5.74) is -0.640. The number of alkyl halides is 3. The van der Waals surface area contributed by atoms with E-state index < -0.39 is 23.3 Å². The van der Waals surface area contributed by atoms with Crippen molar-refractivity contribution in [2.24, 2.45) is 4.99 Å². The van der Waals surface area contributed by atoms with Gasteiger partial charge in [-0.3, -0.25) is 0 Å². The first-order valence-corrected chi connectivity index (χ1v) is 8.52. The third-order valence-electron chi connectivity index (χ3n) is 3.99. The van der Waals surface area contributed by atoms with Gasteiger partial charge in [0, 0.05) is 12.1 Å². The summed E-state index contributed by atoms with van der Waals surface area (Å²) in [4.78, 5) is 3.81. The molecule has 0 radical (unpaired) electrons. The number of aromatic nitrogens is 1. The predicted molar refractivity (Wildman–Crippen MR) is 101 cm³/mol. The van der Waals surface area contributed by atoms with Crippen LogP contribution in [0.5, 0.6) is 0 Å². The zero-order valence-corrected chi connectivity index (χ0v) is 15.0. The lowest BCUT2D eigenvalue weighted by Crippen LogP contribution is -2.43. The molecule has 3 rings (SSSR count). The molecule has 1 heterocycles. The average molecular weight is 382 g/mol. The number of pyridine rings is 1. The van der Waals surface area contributed by atoms with E-state index in [0.717, 1.165) is 10.1 Å². The number of rotatable bonds is 4. The highest BCUT2D eigenvalue weighted by atomic mass is 19.4. The van der Waals surface area contributed by atoms with E-state index in [2.05, 4.69) is 4.99 Å². The van der Waals surface area contributed by atoms with Crippen LogP contribution in [0.25, 0.3) is 11.5 Å². The Morgan fingerprint density at radius 3 is 2.00 bits per heavy atom. The maximum absolute atomic E-state index is 14.0. The second kappa shape index (κ2) is 8.08. The first-order valence-electron chi connectivity index (χ1n) is 8.52. The van der Waals surface area contributed by atoms with Crippen LogP contribution in [0.4, 0.5) is 18.9 Å². The van der Waals surface area contributed by atoms with Crippen LogP contribution in [0.2, 0.25) is 0 Å². The lowest BCUT2D eigenvalue weighted by atomic mass is 10.1. The van der Waals surface area contributed by atoms with Crippen molar-refractivity contribution in [3.63, 3.8) is 0 Å². The number of halogens is 3. The molecular formula is C22H17F3N2O. The maximum atomic E-state index is 14.0. The zero-order chi connectivity index (χ0) is 20.1. The van der Waals surface area contributed by atoms with E-state index in [1.54, 1.807) is 48.5 Å². The van der Waals surface area contributed by atoms with E-state index >= 15 is 0 Å². The van der Waals surface area contributed by atoms with Crippen molar-refractivity contribution >= 4 is 22.9 Å². The van der Waals surface area contributed by atoms with Gasteiger partial charge in [-0.15, -0.1) is 0 Å². The molecule has 0 atom stereocenters. The van der Waals surface area contributed by atoms with Gasteiger partial charge >= 0.3 is 6.18 Å². The number of aliphatic imine (C=N–C) groups is 1. The number of hydrogen-bond donors (Lipinski definition) is 0. The summed E-state index contributed by atoms with van der Waals surface area (Å²) in [6.07, 6.45) is -2.04. The van der Waals surface area contributed by atoms with E-state index in [4.69, 9.17) is 0 Å². The Morgan fingerprint density at radius 1 is 0.857 bits per heavy atom. The fourth-order valence-electron chi connectivity index (χ4n) is 2.62. The van der Waals surface area contributed by atoms with Crippen LogP contribution in [-0.2, 0) is 0 Å². The van der Waals surface area contributed by atoms with E-state index in [1.165, 1.54) is 36.7 Å². The molecule has 0 N–H and O–H groups in total. The van der Waals surface area contributed by atoms with Gasteiger partial charge in [-0.2, -0.15) is 17.7 Å². The molecule has 0 bridgehead atoms. The zero-order valence-electron chi connectivity index (χ0n) is 15.0. The van der Waals surface area contributed by atoms with Gasteiger partial charge in [0.05, 0.1) is 5.69 Å². The molecule has 0 aliphatic rings. The van der Waals surface area contributed by atoms with Crippen molar-refractivity contribution < 1.29 is 22.8 Å². The lowest BCUT2D eigenvalue weighted by Gasteiger charge is -2.18. The van der Waals surface area contributed by atoms with Crippen molar-refractivity contribution in [1.82, 2.24) is 0 Å². The molecule has 0 fully saturated rings. The summed E-state index contributed by atoms with van der Waals surface area (Å²) >= 11 is 0. The van der Waals surface area contributed by atoms with Gasteiger partial charge in [-0.1, -0.05) is 54.1 Å². The summed E-state index contributed by atoms with van der Waals surface area (Å²) in [6.45, 7) is 1.83. The van der Waals surface area contributed by atoms with E-state index in [1.807, 2.05) is 6.92 Å². The molecule has 28 heavy (non-hydrogen) atoms. The summed E-state index contributed by atoms with van der Waals surface area (Å²) < 4.78 is 43.1. The number of aryl methyl sites for hydroxylation is 1. The minimum Gasteiger partial charge on any atom is -0.868 e. The second-order valence-electron chi connectivity index (χ2n) is 6.12. The number of allylic oxidation sites excluding steroid dienone is 1. The summed E-state index contributed by atoms with van der Waals surface area (Å²) in [5, 5.41) is 13.0. The normalized spacial score (nSPS) is 13.2. The monoisotopic (exact) mass is 382 g/mol. The van der Waals surface area contributed by atoms with Gasteiger partial charge in [0.2, 0.25) is 11.4 Å². The number of benzene rings is 2. The lowest BCUT2D eigenvalue weighted by molar-refractivity contribution is -0.578. The number of nitrogens with zero attached hydrogens (tertiary/aromatic N) is 2. The van der Waals surface area contributed by atoms with Crippen LogP contribution in [0.3, 0.4) is 0 Å².